The quantitative estimate of drug-likeness (QED) is 0.746. The number of anilines is 1. The van der Waals surface area contributed by atoms with E-state index in [9.17, 15) is 9.59 Å². The summed E-state index contributed by atoms with van der Waals surface area (Å²) in [4.78, 5) is 27.6. The Hall–Kier alpha value is -3.14. The molecule has 7 heteroatoms. The number of aryl methyl sites for hydroxylation is 2. The number of amides is 2. The topological polar surface area (TPSA) is 71.3 Å². The van der Waals surface area contributed by atoms with Gasteiger partial charge >= 0.3 is 0 Å². The van der Waals surface area contributed by atoms with E-state index in [4.69, 9.17) is 0 Å². The van der Waals surface area contributed by atoms with Gasteiger partial charge in [0.15, 0.2) is 5.69 Å². The fourth-order valence-corrected chi connectivity index (χ4v) is 2.68. The number of rotatable bonds is 5. The van der Waals surface area contributed by atoms with Crippen LogP contribution >= 0.6 is 0 Å². The van der Waals surface area contributed by atoms with E-state index in [0.29, 0.717) is 18.9 Å². The van der Waals surface area contributed by atoms with Crippen LogP contribution in [0.5, 0.6) is 0 Å². The third-order valence-corrected chi connectivity index (χ3v) is 4.68. The number of hydrogen-bond acceptors (Lipinski definition) is 4. The molecule has 146 valence electrons. The first kappa shape index (κ1) is 19.6. The van der Waals surface area contributed by atoms with Crippen molar-refractivity contribution >= 4 is 17.5 Å². The molecule has 1 aromatic carbocycles. The van der Waals surface area contributed by atoms with Gasteiger partial charge in [-0.05, 0) is 37.5 Å². The van der Waals surface area contributed by atoms with Crippen LogP contribution in [0.2, 0.25) is 0 Å². The van der Waals surface area contributed by atoms with E-state index in [1.165, 1.54) is 22.4 Å². The second-order valence-corrected chi connectivity index (χ2v) is 7.31. The minimum Gasteiger partial charge on any atom is -0.349 e. The Labute approximate surface area is 165 Å². The third-order valence-electron chi connectivity index (χ3n) is 4.68. The lowest BCUT2D eigenvalue weighted by Crippen LogP contribution is -2.27. The van der Waals surface area contributed by atoms with Crippen LogP contribution in [0.4, 0.5) is 5.69 Å². The summed E-state index contributed by atoms with van der Waals surface area (Å²) in [6.07, 6.45) is 4.24. The molecule has 1 saturated carbocycles. The minimum absolute atomic E-state index is 0.000224. The Morgan fingerprint density at radius 1 is 1.25 bits per heavy atom. The summed E-state index contributed by atoms with van der Waals surface area (Å²) in [6.45, 7) is 2.34. The normalized spacial score (nSPS) is 12.9. The predicted molar refractivity (Wildman–Crippen MR) is 107 cm³/mol. The Balaban J connectivity index is 1.71. The van der Waals surface area contributed by atoms with E-state index in [-0.39, 0.29) is 17.5 Å². The van der Waals surface area contributed by atoms with Crippen LogP contribution in [0.3, 0.4) is 0 Å². The third kappa shape index (κ3) is 4.77. The SMILES string of the molecule is Cc1ccc(C#CC2CC2)cc1N(C)C(=O)c1cn(CCC(=O)N(C)C)nn1. The van der Waals surface area contributed by atoms with Crippen LogP contribution < -0.4 is 4.90 Å². The fraction of sp³-hybridized carbons (Fsp3) is 0.429. The summed E-state index contributed by atoms with van der Waals surface area (Å²) in [6, 6.07) is 5.88. The molecule has 1 aromatic heterocycles. The molecule has 0 aliphatic heterocycles. The van der Waals surface area contributed by atoms with Crippen LogP contribution in [0.25, 0.3) is 0 Å². The molecule has 1 heterocycles. The Bertz CT molecular complexity index is 947. The molecular formula is C21H25N5O2. The van der Waals surface area contributed by atoms with Gasteiger partial charge in [0.25, 0.3) is 5.91 Å². The zero-order valence-electron chi connectivity index (χ0n) is 16.8. The maximum atomic E-state index is 12.8. The van der Waals surface area contributed by atoms with Gasteiger partial charge in [-0.1, -0.05) is 23.1 Å². The summed E-state index contributed by atoms with van der Waals surface area (Å²) >= 11 is 0. The first-order valence-corrected chi connectivity index (χ1v) is 9.35. The number of carbonyl (C=O) groups excluding carboxylic acids is 2. The van der Waals surface area contributed by atoms with Crippen molar-refractivity contribution in [1.29, 1.82) is 0 Å². The zero-order chi connectivity index (χ0) is 20.3. The van der Waals surface area contributed by atoms with Crippen LogP contribution in [-0.4, -0.2) is 52.9 Å². The van der Waals surface area contributed by atoms with Crippen LogP contribution in [0, 0.1) is 24.7 Å². The van der Waals surface area contributed by atoms with Gasteiger partial charge < -0.3 is 9.80 Å². The molecule has 0 N–H and O–H groups in total. The highest BCUT2D eigenvalue weighted by Crippen LogP contribution is 2.28. The van der Waals surface area contributed by atoms with Crippen molar-refractivity contribution in [1.82, 2.24) is 19.9 Å². The molecule has 1 aliphatic carbocycles. The Morgan fingerprint density at radius 2 is 2.00 bits per heavy atom. The lowest BCUT2D eigenvalue weighted by atomic mass is 10.1. The van der Waals surface area contributed by atoms with Crippen molar-refractivity contribution in [3.8, 4) is 11.8 Å². The molecule has 28 heavy (non-hydrogen) atoms. The summed E-state index contributed by atoms with van der Waals surface area (Å²) in [5.41, 5.74) is 2.92. The van der Waals surface area contributed by atoms with E-state index < -0.39 is 0 Å². The first-order valence-electron chi connectivity index (χ1n) is 9.35. The van der Waals surface area contributed by atoms with Gasteiger partial charge in [0, 0.05) is 44.7 Å². The Morgan fingerprint density at radius 3 is 2.68 bits per heavy atom. The number of benzene rings is 1. The van der Waals surface area contributed by atoms with Crippen LogP contribution in [-0.2, 0) is 11.3 Å². The minimum atomic E-state index is -0.249. The smallest absolute Gasteiger partial charge is 0.280 e. The molecule has 0 bridgehead atoms. The first-order chi connectivity index (χ1) is 13.3. The molecule has 0 radical (unpaired) electrons. The summed E-state index contributed by atoms with van der Waals surface area (Å²) in [5.74, 6) is 6.71. The highest BCUT2D eigenvalue weighted by Gasteiger charge is 2.20. The standard InChI is InChI=1S/C21H25N5O2/c1-15-5-6-17(10-9-16-7-8-16)13-19(15)25(4)21(28)18-14-26(23-22-18)12-11-20(27)24(2)3/h5-6,13-14,16H,7-8,11-12H2,1-4H3. The van der Waals surface area contributed by atoms with E-state index in [1.807, 2.05) is 25.1 Å². The molecule has 1 fully saturated rings. The zero-order valence-corrected chi connectivity index (χ0v) is 16.8. The predicted octanol–water partition coefficient (Wildman–Crippen LogP) is 2.10. The largest absolute Gasteiger partial charge is 0.349 e. The number of aromatic nitrogens is 3. The van der Waals surface area contributed by atoms with Gasteiger partial charge in [0.2, 0.25) is 5.91 Å². The molecule has 1 aliphatic rings. The average molecular weight is 379 g/mol. The Kier molecular flexibility index (Phi) is 5.78. The lowest BCUT2D eigenvalue weighted by molar-refractivity contribution is -0.128. The molecular weight excluding hydrogens is 354 g/mol. The van der Waals surface area contributed by atoms with Gasteiger partial charge in [-0.15, -0.1) is 5.10 Å². The van der Waals surface area contributed by atoms with Gasteiger partial charge in [0.1, 0.15) is 0 Å². The number of hydrogen-bond donors (Lipinski definition) is 0. The summed E-state index contributed by atoms with van der Waals surface area (Å²) in [5, 5.41) is 7.94. The molecule has 0 unspecified atom stereocenters. The van der Waals surface area contributed by atoms with E-state index in [2.05, 4.69) is 22.2 Å². The summed E-state index contributed by atoms with van der Waals surface area (Å²) < 4.78 is 1.52. The molecule has 7 nitrogen and oxygen atoms in total. The molecule has 0 atom stereocenters. The second-order valence-electron chi connectivity index (χ2n) is 7.31. The highest BCUT2D eigenvalue weighted by molar-refractivity contribution is 6.04. The van der Waals surface area contributed by atoms with Crippen molar-refractivity contribution in [2.75, 3.05) is 26.0 Å². The van der Waals surface area contributed by atoms with Crippen LogP contribution in [0.15, 0.2) is 24.4 Å². The monoisotopic (exact) mass is 379 g/mol. The molecule has 0 spiro atoms. The van der Waals surface area contributed by atoms with Crippen molar-refractivity contribution in [3.63, 3.8) is 0 Å². The average Bonchev–Trinajstić information content (AvgIpc) is 3.39. The van der Waals surface area contributed by atoms with Crippen molar-refractivity contribution in [2.45, 2.75) is 32.7 Å². The molecule has 2 aromatic rings. The van der Waals surface area contributed by atoms with Gasteiger partial charge in [-0.25, -0.2) is 0 Å². The maximum Gasteiger partial charge on any atom is 0.280 e. The summed E-state index contributed by atoms with van der Waals surface area (Å²) in [7, 11) is 5.13. The van der Waals surface area contributed by atoms with E-state index in [0.717, 1.165) is 16.8 Å². The molecule has 2 amide bonds. The van der Waals surface area contributed by atoms with Gasteiger partial charge in [0.05, 0.1) is 12.7 Å². The number of nitrogens with zero attached hydrogens (tertiary/aromatic N) is 5. The fourth-order valence-electron chi connectivity index (χ4n) is 2.68. The van der Waals surface area contributed by atoms with E-state index >= 15 is 0 Å². The van der Waals surface area contributed by atoms with Gasteiger partial charge in [-0.3, -0.25) is 14.3 Å². The lowest BCUT2D eigenvalue weighted by Gasteiger charge is -2.18. The highest BCUT2D eigenvalue weighted by atomic mass is 16.2. The molecule has 3 rings (SSSR count). The molecule has 0 saturated heterocycles. The van der Waals surface area contributed by atoms with Crippen molar-refractivity contribution < 1.29 is 9.59 Å². The van der Waals surface area contributed by atoms with Crippen molar-refractivity contribution in [2.24, 2.45) is 5.92 Å². The van der Waals surface area contributed by atoms with Gasteiger partial charge in [-0.2, -0.15) is 0 Å². The second kappa shape index (κ2) is 8.26. The number of carbonyl (C=O) groups is 2. The van der Waals surface area contributed by atoms with Crippen LogP contribution in [0.1, 0.15) is 40.9 Å². The maximum absolute atomic E-state index is 12.8. The van der Waals surface area contributed by atoms with Crippen molar-refractivity contribution in [3.05, 3.63) is 41.2 Å². The van der Waals surface area contributed by atoms with E-state index in [1.54, 1.807) is 32.2 Å².